The number of fused-ring (bicyclic) bond motifs is 1. The van der Waals surface area contributed by atoms with E-state index in [4.69, 9.17) is 0 Å². The normalized spacial score (nSPS) is 11.0. The van der Waals surface area contributed by atoms with Gasteiger partial charge in [-0.15, -0.1) is 0 Å². The molecule has 0 amide bonds. The van der Waals surface area contributed by atoms with Crippen LogP contribution in [-0.2, 0) is 9.53 Å². The summed E-state index contributed by atoms with van der Waals surface area (Å²) in [5.74, 6) is -0.395. The molecular formula is C10H9N3O2. The molecule has 0 saturated carbocycles. The third-order valence-corrected chi connectivity index (χ3v) is 1.94. The van der Waals surface area contributed by atoms with Crippen LogP contribution in [0, 0.1) is 0 Å². The number of hydrogen-bond donors (Lipinski definition) is 1. The molecular weight excluding hydrogens is 194 g/mol. The highest BCUT2D eigenvalue weighted by Crippen LogP contribution is 2.13. The maximum absolute atomic E-state index is 10.9. The van der Waals surface area contributed by atoms with Gasteiger partial charge in [-0.2, -0.15) is 0 Å². The molecule has 5 heteroatoms. The summed E-state index contributed by atoms with van der Waals surface area (Å²) < 4.78 is 4.49. The summed E-state index contributed by atoms with van der Waals surface area (Å²) in [6, 6.07) is 0. The summed E-state index contributed by atoms with van der Waals surface area (Å²) in [6.45, 7) is 0. The molecule has 1 N–H and O–H groups in total. The third-order valence-electron chi connectivity index (χ3n) is 1.94. The molecule has 2 heterocycles. The van der Waals surface area contributed by atoms with Crippen LogP contribution >= 0.6 is 0 Å². The van der Waals surface area contributed by atoms with E-state index in [2.05, 4.69) is 19.7 Å². The van der Waals surface area contributed by atoms with Crippen LogP contribution in [0.5, 0.6) is 0 Å². The van der Waals surface area contributed by atoms with Crippen LogP contribution in [0.4, 0.5) is 0 Å². The molecule has 0 atom stereocenters. The Morgan fingerprint density at radius 3 is 3.07 bits per heavy atom. The zero-order valence-corrected chi connectivity index (χ0v) is 8.10. The molecule has 0 radical (unpaired) electrons. The van der Waals surface area contributed by atoms with Crippen molar-refractivity contribution in [1.82, 2.24) is 15.0 Å². The lowest BCUT2D eigenvalue weighted by molar-refractivity contribution is -0.134. The van der Waals surface area contributed by atoms with E-state index in [1.807, 2.05) is 0 Å². The quantitative estimate of drug-likeness (QED) is 0.587. The van der Waals surface area contributed by atoms with Gasteiger partial charge in [0.25, 0.3) is 0 Å². The van der Waals surface area contributed by atoms with Gasteiger partial charge in [0.1, 0.15) is 5.52 Å². The van der Waals surface area contributed by atoms with Crippen LogP contribution in [0.3, 0.4) is 0 Å². The van der Waals surface area contributed by atoms with Crippen molar-refractivity contribution in [2.75, 3.05) is 7.11 Å². The summed E-state index contributed by atoms with van der Waals surface area (Å²) in [6.07, 6.45) is 7.93. The Hall–Kier alpha value is -2.17. The molecule has 0 aromatic carbocycles. The highest BCUT2D eigenvalue weighted by atomic mass is 16.5. The standard InChI is InChI=1S/C10H9N3O2/c1-15-8(14)3-2-7-6-13-10-9(7)11-4-5-12-10/h2-6H,1H3,(H,12,13)/b3-2-. The number of H-pyrrole nitrogens is 1. The smallest absolute Gasteiger partial charge is 0.330 e. The van der Waals surface area contributed by atoms with E-state index in [0.717, 1.165) is 11.1 Å². The van der Waals surface area contributed by atoms with Gasteiger partial charge in [0, 0.05) is 30.2 Å². The van der Waals surface area contributed by atoms with Crippen molar-refractivity contribution in [1.29, 1.82) is 0 Å². The molecule has 0 aliphatic carbocycles. The van der Waals surface area contributed by atoms with E-state index in [1.54, 1.807) is 24.7 Å². The molecule has 0 unspecified atom stereocenters. The average molecular weight is 203 g/mol. The molecule has 15 heavy (non-hydrogen) atoms. The van der Waals surface area contributed by atoms with Gasteiger partial charge in [-0.3, -0.25) is 4.98 Å². The van der Waals surface area contributed by atoms with Crippen LogP contribution in [0.1, 0.15) is 5.56 Å². The summed E-state index contributed by atoms with van der Waals surface area (Å²) in [7, 11) is 1.34. The lowest BCUT2D eigenvalue weighted by atomic mass is 10.3. The minimum absolute atomic E-state index is 0.395. The first-order valence-electron chi connectivity index (χ1n) is 4.35. The molecule has 0 fully saturated rings. The Bertz CT molecular complexity index is 516. The van der Waals surface area contributed by atoms with Crippen molar-refractivity contribution in [3.8, 4) is 0 Å². The van der Waals surface area contributed by atoms with Crippen LogP contribution in [0.15, 0.2) is 24.7 Å². The molecule has 0 aliphatic rings. The molecule has 0 spiro atoms. The summed E-state index contributed by atoms with van der Waals surface area (Å²) in [5.41, 5.74) is 2.24. The molecule has 0 saturated heterocycles. The van der Waals surface area contributed by atoms with Crippen LogP contribution in [0.25, 0.3) is 17.2 Å². The van der Waals surface area contributed by atoms with Gasteiger partial charge in [-0.1, -0.05) is 0 Å². The van der Waals surface area contributed by atoms with Gasteiger partial charge in [0.05, 0.1) is 7.11 Å². The largest absolute Gasteiger partial charge is 0.466 e. The fraction of sp³-hybridized carbons (Fsp3) is 0.100. The summed E-state index contributed by atoms with van der Waals surface area (Å²) in [4.78, 5) is 22.1. The first-order valence-corrected chi connectivity index (χ1v) is 4.35. The number of methoxy groups -OCH3 is 1. The van der Waals surface area contributed by atoms with Crippen molar-refractivity contribution in [2.24, 2.45) is 0 Å². The zero-order chi connectivity index (χ0) is 10.7. The number of nitrogens with one attached hydrogen (secondary N) is 1. The van der Waals surface area contributed by atoms with Gasteiger partial charge in [-0.05, 0) is 6.08 Å². The molecule has 0 aliphatic heterocycles. The monoisotopic (exact) mass is 203 g/mol. The molecule has 76 valence electrons. The van der Waals surface area contributed by atoms with Crippen LogP contribution in [-0.4, -0.2) is 28.0 Å². The molecule has 0 bridgehead atoms. The van der Waals surface area contributed by atoms with Gasteiger partial charge >= 0.3 is 5.97 Å². The number of ether oxygens (including phenoxy) is 1. The van der Waals surface area contributed by atoms with E-state index < -0.39 is 5.97 Å². The maximum atomic E-state index is 10.9. The highest BCUT2D eigenvalue weighted by Gasteiger charge is 2.02. The second kappa shape index (κ2) is 3.91. The highest BCUT2D eigenvalue weighted by molar-refractivity contribution is 5.91. The first-order chi connectivity index (χ1) is 7.31. The SMILES string of the molecule is COC(=O)/C=C\c1c[nH]c2nccnc12. The number of nitrogens with zero attached hydrogens (tertiary/aromatic N) is 2. The number of carbonyl (C=O) groups is 1. The Morgan fingerprint density at radius 2 is 2.27 bits per heavy atom. The number of hydrogen-bond acceptors (Lipinski definition) is 4. The van der Waals surface area contributed by atoms with E-state index in [1.165, 1.54) is 13.2 Å². The second-order valence-corrected chi connectivity index (χ2v) is 2.85. The van der Waals surface area contributed by atoms with E-state index in [0.29, 0.717) is 5.65 Å². The fourth-order valence-electron chi connectivity index (χ4n) is 1.22. The number of aromatic amines is 1. The van der Waals surface area contributed by atoms with Gasteiger partial charge in [0.2, 0.25) is 0 Å². The Balaban J connectivity index is 2.36. The van der Waals surface area contributed by atoms with E-state index in [-0.39, 0.29) is 0 Å². The third kappa shape index (κ3) is 1.85. The predicted molar refractivity (Wildman–Crippen MR) is 54.9 cm³/mol. The van der Waals surface area contributed by atoms with Gasteiger partial charge in [0.15, 0.2) is 5.65 Å². The topological polar surface area (TPSA) is 67.9 Å². The van der Waals surface area contributed by atoms with E-state index >= 15 is 0 Å². The minimum Gasteiger partial charge on any atom is -0.466 e. The van der Waals surface area contributed by atoms with Crippen molar-refractivity contribution in [3.05, 3.63) is 30.2 Å². The second-order valence-electron chi connectivity index (χ2n) is 2.85. The Morgan fingerprint density at radius 1 is 1.47 bits per heavy atom. The van der Waals surface area contributed by atoms with Crippen molar-refractivity contribution >= 4 is 23.2 Å². The number of carbonyl (C=O) groups excluding carboxylic acids is 1. The summed E-state index contributed by atoms with van der Waals surface area (Å²) >= 11 is 0. The molecule has 2 aromatic heterocycles. The molecule has 2 aromatic rings. The lowest BCUT2D eigenvalue weighted by Gasteiger charge is -1.90. The van der Waals surface area contributed by atoms with Crippen molar-refractivity contribution in [3.63, 3.8) is 0 Å². The minimum atomic E-state index is -0.395. The van der Waals surface area contributed by atoms with Crippen LogP contribution < -0.4 is 0 Å². The fourth-order valence-corrected chi connectivity index (χ4v) is 1.22. The predicted octanol–water partition coefficient (Wildman–Crippen LogP) is 1.14. The number of aromatic nitrogens is 3. The van der Waals surface area contributed by atoms with Crippen molar-refractivity contribution in [2.45, 2.75) is 0 Å². The Labute approximate surface area is 85.8 Å². The summed E-state index contributed by atoms with van der Waals surface area (Å²) in [5, 5.41) is 0. The Kier molecular flexibility index (Phi) is 2.45. The molecule has 2 rings (SSSR count). The van der Waals surface area contributed by atoms with Crippen LogP contribution in [0.2, 0.25) is 0 Å². The zero-order valence-electron chi connectivity index (χ0n) is 8.10. The molecule has 5 nitrogen and oxygen atoms in total. The maximum Gasteiger partial charge on any atom is 0.330 e. The lowest BCUT2D eigenvalue weighted by Crippen LogP contribution is -1.93. The van der Waals surface area contributed by atoms with Crippen molar-refractivity contribution < 1.29 is 9.53 Å². The number of esters is 1. The number of rotatable bonds is 2. The van der Waals surface area contributed by atoms with Gasteiger partial charge in [-0.25, -0.2) is 9.78 Å². The first kappa shape index (κ1) is 9.39. The van der Waals surface area contributed by atoms with E-state index in [9.17, 15) is 4.79 Å². The average Bonchev–Trinajstić information content (AvgIpc) is 2.69. The van der Waals surface area contributed by atoms with Gasteiger partial charge < -0.3 is 9.72 Å².